The van der Waals surface area contributed by atoms with Crippen molar-refractivity contribution in [3.8, 4) is 0 Å². The van der Waals surface area contributed by atoms with E-state index >= 15 is 0 Å². The molecule has 0 aromatic carbocycles. The second-order valence-electron chi connectivity index (χ2n) is 3.64. The van der Waals surface area contributed by atoms with Crippen LogP contribution in [0.25, 0.3) is 0 Å². The summed E-state index contributed by atoms with van der Waals surface area (Å²) < 4.78 is 11.3. The SMILES string of the molecule is CCCC1(CCC)OCC(CO)O1. The summed E-state index contributed by atoms with van der Waals surface area (Å²) in [5.74, 6) is -0.392. The van der Waals surface area contributed by atoms with Crippen LogP contribution in [0, 0.1) is 0 Å². The highest BCUT2D eigenvalue weighted by Crippen LogP contribution is 2.32. The molecule has 0 aromatic heterocycles. The van der Waals surface area contributed by atoms with Crippen LogP contribution >= 0.6 is 0 Å². The molecule has 0 bridgehead atoms. The molecule has 13 heavy (non-hydrogen) atoms. The van der Waals surface area contributed by atoms with Gasteiger partial charge in [-0.15, -0.1) is 0 Å². The molecule has 0 aliphatic carbocycles. The molecule has 3 heteroatoms. The molecule has 78 valence electrons. The number of aliphatic hydroxyl groups excluding tert-OH is 1. The first-order chi connectivity index (χ1) is 6.26. The van der Waals surface area contributed by atoms with E-state index in [0.717, 1.165) is 25.7 Å². The van der Waals surface area contributed by atoms with E-state index in [9.17, 15) is 0 Å². The molecule has 1 saturated heterocycles. The first-order valence-corrected chi connectivity index (χ1v) is 5.19. The van der Waals surface area contributed by atoms with Crippen LogP contribution in [0.3, 0.4) is 0 Å². The normalized spacial score (nSPS) is 26.5. The number of aliphatic hydroxyl groups is 1. The molecule has 0 spiro atoms. The van der Waals surface area contributed by atoms with Gasteiger partial charge in [0.2, 0.25) is 0 Å². The summed E-state index contributed by atoms with van der Waals surface area (Å²) in [6.45, 7) is 4.85. The molecule has 0 aromatic rings. The lowest BCUT2D eigenvalue weighted by Gasteiger charge is -2.27. The van der Waals surface area contributed by atoms with Gasteiger partial charge < -0.3 is 14.6 Å². The highest BCUT2D eigenvalue weighted by molar-refractivity contribution is 4.78. The molecule has 1 rings (SSSR count). The van der Waals surface area contributed by atoms with Gasteiger partial charge in [-0.3, -0.25) is 0 Å². The third kappa shape index (κ3) is 2.66. The zero-order valence-corrected chi connectivity index (χ0v) is 8.58. The molecule has 0 amide bonds. The van der Waals surface area contributed by atoms with Crippen molar-refractivity contribution >= 4 is 0 Å². The maximum absolute atomic E-state index is 8.93. The summed E-state index contributed by atoms with van der Waals surface area (Å²) in [4.78, 5) is 0. The molecular weight excluding hydrogens is 168 g/mol. The predicted molar refractivity (Wildman–Crippen MR) is 50.5 cm³/mol. The predicted octanol–water partition coefficient (Wildman–Crippen LogP) is 1.69. The fourth-order valence-corrected chi connectivity index (χ4v) is 1.86. The van der Waals surface area contributed by atoms with Crippen molar-refractivity contribution in [1.29, 1.82) is 0 Å². The van der Waals surface area contributed by atoms with Crippen LogP contribution in [0.5, 0.6) is 0 Å². The Balaban J connectivity index is 2.49. The third-order valence-corrected chi connectivity index (χ3v) is 2.38. The van der Waals surface area contributed by atoms with Crippen LogP contribution in [0.2, 0.25) is 0 Å². The molecule has 1 N–H and O–H groups in total. The number of rotatable bonds is 5. The minimum Gasteiger partial charge on any atom is -0.394 e. The minimum absolute atomic E-state index is 0.0647. The van der Waals surface area contributed by atoms with Crippen molar-refractivity contribution in [1.82, 2.24) is 0 Å². The summed E-state index contributed by atoms with van der Waals surface area (Å²) in [5.41, 5.74) is 0. The fourth-order valence-electron chi connectivity index (χ4n) is 1.86. The average Bonchev–Trinajstić information content (AvgIpc) is 2.50. The van der Waals surface area contributed by atoms with Gasteiger partial charge in [-0.25, -0.2) is 0 Å². The van der Waals surface area contributed by atoms with Gasteiger partial charge in [0.15, 0.2) is 5.79 Å². The Morgan fingerprint density at radius 3 is 2.31 bits per heavy atom. The van der Waals surface area contributed by atoms with Crippen LogP contribution in [0.15, 0.2) is 0 Å². The van der Waals surface area contributed by atoms with Gasteiger partial charge in [0.1, 0.15) is 6.10 Å². The molecule has 1 heterocycles. The van der Waals surface area contributed by atoms with E-state index in [4.69, 9.17) is 14.6 Å². The lowest BCUT2D eigenvalue weighted by atomic mass is 10.1. The van der Waals surface area contributed by atoms with Gasteiger partial charge in [0, 0.05) is 12.8 Å². The lowest BCUT2D eigenvalue weighted by molar-refractivity contribution is -0.180. The largest absolute Gasteiger partial charge is 0.394 e. The molecule has 1 atom stereocenters. The zero-order valence-electron chi connectivity index (χ0n) is 8.58. The molecule has 0 saturated carbocycles. The van der Waals surface area contributed by atoms with Gasteiger partial charge in [-0.05, 0) is 0 Å². The Bertz CT molecular complexity index is 141. The van der Waals surface area contributed by atoms with Crippen molar-refractivity contribution in [2.75, 3.05) is 13.2 Å². The van der Waals surface area contributed by atoms with E-state index in [0.29, 0.717) is 6.61 Å². The standard InChI is InChI=1S/C10H20O3/c1-3-5-10(6-4-2)12-8-9(7-11)13-10/h9,11H,3-8H2,1-2H3. The van der Waals surface area contributed by atoms with E-state index in [2.05, 4.69) is 13.8 Å². The summed E-state index contributed by atoms with van der Waals surface area (Å²) in [6, 6.07) is 0. The molecule has 1 aliphatic rings. The molecule has 1 aliphatic heterocycles. The quantitative estimate of drug-likeness (QED) is 0.713. The summed E-state index contributed by atoms with van der Waals surface area (Å²) in [7, 11) is 0. The van der Waals surface area contributed by atoms with Crippen molar-refractivity contribution in [3.05, 3.63) is 0 Å². The molecule has 1 unspecified atom stereocenters. The number of hydrogen-bond donors (Lipinski definition) is 1. The zero-order chi connectivity index (χ0) is 9.73. The maximum Gasteiger partial charge on any atom is 0.169 e. The lowest BCUT2D eigenvalue weighted by Crippen LogP contribution is -2.31. The highest BCUT2D eigenvalue weighted by atomic mass is 16.7. The smallest absolute Gasteiger partial charge is 0.169 e. The van der Waals surface area contributed by atoms with Crippen LogP contribution in [-0.4, -0.2) is 30.2 Å². The summed E-state index contributed by atoms with van der Waals surface area (Å²) in [6.07, 6.45) is 3.85. The van der Waals surface area contributed by atoms with Crippen LogP contribution in [0.4, 0.5) is 0 Å². The van der Waals surface area contributed by atoms with E-state index < -0.39 is 5.79 Å². The number of hydrogen-bond acceptors (Lipinski definition) is 3. The van der Waals surface area contributed by atoms with Crippen LogP contribution in [-0.2, 0) is 9.47 Å². The Morgan fingerprint density at radius 1 is 1.31 bits per heavy atom. The van der Waals surface area contributed by atoms with E-state index in [-0.39, 0.29) is 12.7 Å². The molecule has 1 fully saturated rings. The van der Waals surface area contributed by atoms with Crippen molar-refractivity contribution < 1.29 is 14.6 Å². The van der Waals surface area contributed by atoms with Crippen LogP contribution < -0.4 is 0 Å². The fraction of sp³-hybridized carbons (Fsp3) is 1.00. The van der Waals surface area contributed by atoms with Gasteiger partial charge in [-0.1, -0.05) is 26.7 Å². The monoisotopic (exact) mass is 188 g/mol. The third-order valence-electron chi connectivity index (χ3n) is 2.38. The van der Waals surface area contributed by atoms with Gasteiger partial charge in [0.05, 0.1) is 13.2 Å². The topological polar surface area (TPSA) is 38.7 Å². The second-order valence-corrected chi connectivity index (χ2v) is 3.64. The maximum atomic E-state index is 8.93. The van der Waals surface area contributed by atoms with E-state index in [1.54, 1.807) is 0 Å². The minimum atomic E-state index is -0.392. The summed E-state index contributed by atoms with van der Waals surface area (Å²) in [5, 5.41) is 8.93. The molecular formula is C10H20O3. The van der Waals surface area contributed by atoms with Crippen LogP contribution in [0.1, 0.15) is 39.5 Å². The Kier molecular flexibility index (Phi) is 4.16. The molecule has 3 nitrogen and oxygen atoms in total. The van der Waals surface area contributed by atoms with Gasteiger partial charge in [-0.2, -0.15) is 0 Å². The van der Waals surface area contributed by atoms with E-state index in [1.807, 2.05) is 0 Å². The van der Waals surface area contributed by atoms with Gasteiger partial charge >= 0.3 is 0 Å². The Hall–Kier alpha value is -0.120. The van der Waals surface area contributed by atoms with Crippen molar-refractivity contribution in [2.45, 2.75) is 51.4 Å². The molecule has 0 radical (unpaired) electrons. The first kappa shape index (κ1) is 11.0. The Labute approximate surface area is 80.0 Å². The highest BCUT2D eigenvalue weighted by Gasteiger charge is 2.39. The van der Waals surface area contributed by atoms with E-state index in [1.165, 1.54) is 0 Å². The van der Waals surface area contributed by atoms with Crippen molar-refractivity contribution in [2.24, 2.45) is 0 Å². The first-order valence-electron chi connectivity index (χ1n) is 5.19. The Morgan fingerprint density at radius 2 is 1.92 bits per heavy atom. The summed E-state index contributed by atoms with van der Waals surface area (Å²) >= 11 is 0. The average molecular weight is 188 g/mol. The second kappa shape index (κ2) is 4.94. The van der Waals surface area contributed by atoms with Crippen molar-refractivity contribution in [3.63, 3.8) is 0 Å². The van der Waals surface area contributed by atoms with Gasteiger partial charge in [0.25, 0.3) is 0 Å². The number of ether oxygens (including phenoxy) is 2.